The van der Waals surface area contributed by atoms with Gasteiger partial charge in [-0.3, -0.25) is 4.79 Å². The number of hydrogen-bond donors (Lipinski definition) is 0. The molecule has 0 atom stereocenters. The summed E-state index contributed by atoms with van der Waals surface area (Å²) in [6.07, 6.45) is 3.49. The summed E-state index contributed by atoms with van der Waals surface area (Å²) in [5, 5.41) is -0.380. The molecule has 14 heavy (non-hydrogen) atoms. The molecule has 0 aromatic heterocycles. The third kappa shape index (κ3) is 1.60. The van der Waals surface area contributed by atoms with Gasteiger partial charge in [0.15, 0.2) is 0 Å². The molecule has 0 saturated carbocycles. The van der Waals surface area contributed by atoms with Gasteiger partial charge in [0, 0.05) is 6.08 Å². The third-order valence-corrected chi connectivity index (χ3v) is 2.80. The van der Waals surface area contributed by atoms with E-state index in [1.165, 1.54) is 22.8 Å². The molecule has 0 amide bonds. The molecular weight excluding hydrogens is 196 g/mol. The fourth-order valence-electron chi connectivity index (χ4n) is 2.02. The van der Waals surface area contributed by atoms with Gasteiger partial charge in [0.25, 0.3) is 0 Å². The van der Waals surface area contributed by atoms with Crippen molar-refractivity contribution in [3.8, 4) is 0 Å². The molecule has 0 spiro atoms. The van der Waals surface area contributed by atoms with Crippen molar-refractivity contribution < 1.29 is 4.79 Å². The lowest BCUT2D eigenvalue weighted by molar-refractivity contribution is -0.107. The summed E-state index contributed by atoms with van der Waals surface area (Å²) < 4.78 is 0. The van der Waals surface area contributed by atoms with E-state index in [4.69, 9.17) is 11.6 Å². The van der Waals surface area contributed by atoms with Crippen molar-refractivity contribution in [2.24, 2.45) is 0 Å². The lowest BCUT2D eigenvalue weighted by Crippen LogP contribution is -1.86. The number of allylic oxidation sites excluding steroid dienone is 2. The van der Waals surface area contributed by atoms with Gasteiger partial charge in [0.2, 0.25) is 5.24 Å². The number of carbonyl (C=O) groups excluding carboxylic acids is 1. The number of rotatable bonds is 1. The van der Waals surface area contributed by atoms with E-state index in [9.17, 15) is 4.79 Å². The Kier molecular flexibility index (Phi) is 2.42. The first-order valence-electron chi connectivity index (χ1n) is 4.67. The van der Waals surface area contributed by atoms with E-state index < -0.39 is 0 Å². The van der Waals surface area contributed by atoms with Gasteiger partial charge >= 0.3 is 0 Å². The van der Waals surface area contributed by atoms with Crippen molar-refractivity contribution in [1.82, 2.24) is 0 Å². The zero-order valence-corrected chi connectivity index (χ0v) is 8.77. The van der Waals surface area contributed by atoms with Crippen molar-refractivity contribution >= 4 is 22.4 Å². The van der Waals surface area contributed by atoms with E-state index in [2.05, 4.69) is 19.1 Å². The zero-order valence-electron chi connectivity index (χ0n) is 8.01. The van der Waals surface area contributed by atoms with E-state index in [-0.39, 0.29) is 5.24 Å². The minimum atomic E-state index is -0.380. The molecule has 1 aliphatic carbocycles. The summed E-state index contributed by atoms with van der Waals surface area (Å²) in [5.74, 6) is 0. The second-order valence-electron chi connectivity index (χ2n) is 3.57. The molecule has 0 saturated heterocycles. The van der Waals surface area contributed by atoms with E-state index in [0.29, 0.717) is 0 Å². The van der Waals surface area contributed by atoms with Crippen molar-refractivity contribution in [3.63, 3.8) is 0 Å². The lowest BCUT2D eigenvalue weighted by Gasteiger charge is -2.02. The topological polar surface area (TPSA) is 17.1 Å². The molecule has 0 bridgehead atoms. The van der Waals surface area contributed by atoms with Crippen molar-refractivity contribution in [2.75, 3.05) is 0 Å². The number of fused-ring (bicyclic) bond motifs is 1. The van der Waals surface area contributed by atoms with Gasteiger partial charge in [-0.2, -0.15) is 0 Å². The SMILES string of the molecule is Cc1cccc2c1CC/C2=C\C(=O)Cl. The Morgan fingerprint density at radius 2 is 2.21 bits per heavy atom. The Balaban J connectivity index is 2.50. The number of carbonyl (C=O) groups is 1. The predicted octanol–water partition coefficient (Wildman–Crippen LogP) is 3.09. The van der Waals surface area contributed by atoms with Gasteiger partial charge in [0.05, 0.1) is 0 Å². The molecule has 0 heterocycles. The molecular formula is C12H11ClO. The van der Waals surface area contributed by atoms with Crippen LogP contribution in [-0.4, -0.2) is 5.24 Å². The number of halogens is 1. The first-order valence-corrected chi connectivity index (χ1v) is 5.05. The summed E-state index contributed by atoms with van der Waals surface area (Å²) in [4.78, 5) is 10.8. The number of hydrogen-bond acceptors (Lipinski definition) is 1. The van der Waals surface area contributed by atoms with Gasteiger partial charge in [-0.15, -0.1) is 0 Å². The van der Waals surface area contributed by atoms with E-state index >= 15 is 0 Å². The average molecular weight is 207 g/mol. The van der Waals surface area contributed by atoms with E-state index in [1.54, 1.807) is 0 Å². The summed E-state index contributed by atoms with van der Waals surface area (Å²) >= 11 is 5.35. The molecule has 72 valence electrons. The maximum absolute atomic E-state index is 10.8. The fourth-order valence-corrected chi connectivity index (χ4v) is 2.15. The molecule has 0 radical (unpaired) electrons. The van der Waals surface area contributed by atoms with Gasteiger partial charge in [-0.05, 0) is 53.6 Å². The summed E-state index contributed by atoms with van der Waals surface area (Å²) in [7, 11) is 0. The molecule has 0 unspecified atom stereocenters. The predicted molar refractivity (Wildman–Crippen MR) is 58.3 cm³/mol. The molecule has 2 rings (SSSR count). The molecule has 2 heteroatoms. The van der Waals surface area contributed by atoms with Crippen LogP contribution in [0.1, 0.15) is 23.1 Å². The summed E-state index contributed by atoms with van der Waals surface area (Å²) in [6, 6.07) is 6.18. The second-order valence-corrected chi connectivity index (χ2v) is 3.95. The van der Waals surface area contributed by atoms with Gasteiger partial charge in [0.1, 0.15) is 0 Å². The highest BCUT2D eigenvalue weighted by atomic mass is 35.5. The van der Waals surface area contributed by atoms with Crippen LogP contribution in [0.5, 0.6) is 0 Å². The van der Waals surface area contributed by atoms with Gasteiger partial charge < -0.3 is 0 Å². The van der Waals surface area contributed by atoms with Crippen LogP contribution >= 0.6 is 11.6 Å². The lowest BCUT2D eigenvalue weighted by atomic mass is 10.0. The Bertz CT molecular complexity index is 418. The van der Waals surface area contributed by atoms with Crippen LogP contribution in [0.4, 0.5) is 0 Å². The normalized spacial score (nSPS) is 17.1. The quantitative estimate of drug-likeness (QED) is 0.510. The maximum Gasteiger partial charge on any atom is 0.245 e. The highest BCUT2D eigenvalue weighted by Gasteiger charge is 2.17. The van der Waals surface area contributed by atoms with Gasteiger partial charge in [-0.1, -0.05) is 18.2 Å². The molecule has 1 aromatic rings. The first kappa shape index (κ1) is 9.47. The number of benzene rings is 1. The van der Waals surface area contributed by atoms with Gasteiger partial charge in [-0.25, -0.2) is 0 Å². The van der Waals surface area contributed by atoms with Crippen LogP contribution in [0.25, 0.3) is 5.57 Å². The minimum Gasteiger partial charge on any atom is -0.276 e. The highest BCUT2D eigenvalue weighted by Crippen LogP contribution is 2.33. The van der Waals surface area contributed by atoms with Crippen LogP contribution in [0.2, 0.25) is 0 Å². The van der Waals surface area contributed by atoms with Crippen LogP contribution in [0, 0.1) is 6.92 Å². The van der Waals surface area contributed by atoms with Crippen molar-refractivity contribution in [3.05, 3.63) is 41.0 Å². The number of aryl methyl sites for hydroxylation is 1. The zero-order chi connectivity index (χ0) is 10.1. The summed E-state index contributed by atoms with van der Waals surface area (Å²) in [6.45, 7) is 2.10. The Labute approximate surface area is 88.4 Å². The Morgan fingerprint density at radius 3 is 2.93 bits per heavy atom. The molecule has 1 aromatic carbocycles. The van der Waals surface area contributed by atoms with Crippen molar-refractivity contribution in [2.45, 2.75) is 19.8 Å². The molecule has 1 aliphatic rings. The smallest absolute Gasteiger partial charge is 0.245 e. The largest absolute Gasteiger partial charge is 0.276 e. The van der Waals surface area contributed by atoms with Crippen LogP contribution < -0.4 is 0 Å². The van der Waals surface area contributed by atoms with Crippen LogP contribution in [0.3, 0.4) is 0 Å². The minimum absolute atomic E-state index is 0.380. The fraction of sp³-hybridized carbons (Fsp3) is 0.250. The second kappa shape index (κ2) is 3.58. The highest BCUT2D eigenvalue weighted by molar-refractivity contribution is 6.67. The van der Waals surface area contributed by atoms with E-state index in [1.807, 2.05) is 6.07 Å². The van der Waals surface area contributed by atoms with Crippen LogP contribution in [-0.2, 0) is 11.2 Å². The molecule has 0 fully saturated rings. The molecule has 0 N–H and O–H groups in total. The first-order chi connectivity index (χ1) is 6.68. The Morgan fingerprint density at radius 1 is 1.43 bits per heavy atom. The summed E-state index contributed by atoms with van der Waals surface area (Å²) in [5.41, 5.74) is 4.92. The molecule has 1 nitrogen and oxygen atoms in total. The maximum atomic E-state index is 10.8. The monoisotopic (exact) mass is 206 g/mol. The third-order valence-electron chi connectivity index (χ3n) is 2.69. The average Bonchev–Trinajstić information content (AvgIpc) is 2.49. The Hall–Kier alpha value is -1.08. The van der Waals surface area contributed by atoms with Crippen molar-refractivity contribution in [1.29, 1.82) is 0 Å². The standard InChI is InChI=1S/C12H11ClO/c1-8-3-2-4-11-9(7-12(13)14)5-6-10(8)11/h2-4,7H,5-6H2,1H3/b9-7+. The van der Waals surface area contributed by atoms with Crippen LogP contribution in [0.15, 0.2) is 24.3 Å². The van der Waals surface area contributed by atoms with E-state index in [0.717, 1.165) is 18.4 Å². The molecule has 0 aliphatic heterocycles.